The van der Waals surface area contributed by atoms with Gasteiger partial charge in [0.1, 0.15) is 4.99 Å². The number of anilines is 1. The molecule has 13 heteroatoms. The van der Waals surface area contributed by atoms with Gasteiger partial charge in [-0.1, -0.05) is 42.9 Å². The van der Waals surface area contributed by atoms with Gasteiger partial charge >= 0.3 is 6.03 Å². The number of hydrogen-bond donors (Lipinski definition) is 4. The second-order valence-corrected chi connectivity index (χ2v) is 17.0. The lowest BCUT2D eigenvalue weighted by Crippen LogP contribution is -2.42. The number of benzene rings is 2. The van der Waals surface area contributed by atoms with Gasteiger partial charge in [0, 0.05) is 65.0 Å². The van der Waals surface area contributed by atoms with E-state index >= 15 is 0 Å². The molecular formula is C33H42N6O4S3. The van der Waals surface area contributed by atoms with Crippen LogP contribution in [0.15, 0.2) is 48.7 Å². The Morgan fingerprint density at radius 1 is 1.13 bits per heavy atom. The van der Waals surface area contributed by atoms with Crippen molar-refractivity contribution >= 4 is 67.5 Å². The fourth-order valence-electron chi connectivity index (χ4n) is 6.87. The molecule has 3 saturated heterocycles. The monoisotopic (exact) mass is 682 g/mol. The highest BCUT2D eigenvalue weighted by Crippen LogP contribution is 2.38. The number of nitrogens with zero attached hydrogens (tertiary/aromatic N) is 2. The Labute approximate surface area is 280 Å². The van der Waals surface area contributed by atoms with Crippen molar-refractivity contribution in [2.75, 3.05) is 24.2 Å². The molecular weight excluding hydrogens is 641 g/mol. The van der Waals surface area contributed by atoms with Gasteiger partial charge in [0.15, 0.2) is 0 Å². The fourth-order valence-corrected chi connectivity index (χ4v) is 9.86. The van der Waals surface area contributed by atoms with E-state index in [1.54, 1.807) is 18.2 Å². The number of nitrogens with one attached hydrogen (secondary N) is 3. The van der Waals surface area contributed by atoms with Crippen LogP contribution in [0.4, 0.5) is 10.5 Å². The van der Waals surface area contributed by atoms with Gasteiger partial charge in [-0.3, -0.25) is 4.79 Å². The fraction of sp³-hybridized carbons (Fsp3) is 0.485. The molecule has 3 amide bonds. The summed E-state index contributed by atoms with van der Waals surface area (Å²) >= 11 is 7.13. The minimum absolute atomic E-state index is 0.0261. The van der Waals surface area contributed by atoms with E-state index in [0.29, 0.717) is 42.6 Å². The van der Waals surface area contributed by atoms with E-state index in [2.05, 4.69) is 26.7 Å². The van der Waals surface area contributed by atoms with E-state index in [1.807, 2.05) is 54.2 Å². The molecule has 0 spiro atoms. The number of amides is 3. The standard InChI is InChI=1S/C33H42N6O4S3/c1-20(2)46(42,43)38-14-12-24(13-15-38)39-18-26(21-6-5-7-22(16-21)32(34)44)25-11-10-23(17-28(25)39)35-30(40)9-4-3-8-29-31-27(19-45-29)36-33(41)37-31/h5-7,10-11,16-18,20,24,27,29,31H,3-4,8-9,12-15,19H2,1-2H3,(H2,34,44)(H,35,40)(H2,36,37,41)/t27-,29-,31-/m0/s1. The zero-order chi connectivity index (χ0) is 32.6. The highest BCUT2D eigenvalue weighted by molar-refractivity contribution is 8.00. The Hall–Kier alpha value is -3.13. The lowest BCUT2D eigenvalue weighted by Gasteiger charge is -2.33. The zero-order valence-corrected chi connectivity index (χ0v) is 28.6. The van der Waals surface area contributed by atoms with E-state index in [4.69, 9.17) is 18.0 Å². The summed E-state index contributed by atoms with van der Waals surface area (Å²) in [6.07, 6.45) is 6.62. The van der Waals surface area contributed by atoms with Gasteiger partial charge in [-0.25, -0.2) is 17.5 Å². The minimum Gasteiger partial charge on any atom is -0.389 e. The quantitative estimate of drug-likeness (QED) is 0.127. The van der Waals surface area contributed by atoms with Crippen LogP contribution in [-0.4, -0.2) is 75.6 Å². The predicted octanol–water partition coefficient (Wildman–Crippen LogP) is 4.98. The molecule has 0 radical (unpaired) electrons. The first kappa shape index (κ1) is 32.8. The smallest absolute Gasteiger partial charge is 0.315 e. The van der Waals surface area contributed by atoms with Crippen molar-refractivity contribution in [1.82, 2.24) is 19.5 Å². The number of sulfonamides is 1. The molecule has 0 bridgehead atoms. The topological polar surface area (TPSA) is 139 Å². The summed E-state index contributed by atoms with van der Waals surface area (Å²) in [5, 5.41) is 10.1. The molecule has 3 aliphatic heterocycles. The van der Waals surface area contributed by atoms with Gasteiger partial charge in [-0.05, 0) is 63.3 Å². The van der Waals surface area contributed by atoms with Gasteiger partial charge in [0.25, 0.3) is 0 Å². The molecule has 2 aromatic carbocycles. The molecule has 4 heterocycles. The lowest BCUT2D eigenvalue weighted by atomic mass is 10.0. The number of fused-ring (bicyclic) bond motifs is 2. The summed E-state index contributed by atoms with van der Waals surface area (Å²) in [5.74, 6) is 0.907. The molecule has 0 saturated carbocycles. The van der Waals surface area contributed by atoms with Crippen LogP contribution in [-0.2, 0) is 14.8 Å². The number of carbonyl (C=O) groups excluding carboxylic acids is 2. The summed E-state index contributed by atoms with van der Waals surface area (Å²) in [4.78, 5) is 25.0. The summed E-state index contributed by atoms with van der Waals surface area (Å²) < 4.78 is 29.5. The first-order chi connectivity index (χ1) is 22.0. The summed E-state index contributed by atoms with van der Waals surface area (Å²) in [6, 6.07) is 14.3. The molecule has 5 N–H and O–H groups in total. The van der Waals surface area contributed by atoms with Crippen molar-refractivity contribution in [2.45, 2.75) is 81.0 Å². The van der Waals surface area contributed by atoms with Crippen LogP contribution in [0.3, 0.4) is 0 Å². The van der Waals surface area contributed by atoms with Crippen LogP contribution in [0.5, 0.6) is 0 Å². The molecule has 0 aliphatic carbocycles. The Balaban J connectivity index is 1.17. The number of piperidine rings is 1. The average Bonchev–Trinajstić information content (AvgIpc) is 3.71. The molecule has 6 rings (SSSR count). The van der Waals surface area contributed by atoms with Crippen LogP contribution in [0.1, 0.15) is 64.0 Å². The molecule has 0 unspecified atom stereocenters. The number of unbranched alkanes of at least 4 members (excludes halogenated alkanes) is 1. The van der Waals surface area contributed by atoms with Crippen molar-refractivity contribution in [3.63, 3.8) is 0 Å². The third kappa shape index (κ3) is 6.78. The molecule has 3 aromatic rings. The Morgan fingerprint density at radius 2 is 1.91 bits per heavy atom. The van der Waals surface area contributed by atoms with E-state index in [1.165, 1.54) is 0 Å². The van der Waals surface area contributed by atoms with Crippen LogP contribution in [0, 0.1) is 0 Å². The molecule has 3 fully saturated rings. The molecule has 46 heavy (non-hydrogen) atoms. The average molecular weight is 683 g/mol. The third-order valence-corrected chi connectivity index (χ3v) is 13.4. The Bertz CT molecular complexity index is 1750. The summed E-state index contributed by atoms with van der Waals surface area (Å²) in [7, 11) is -3.31. The first-order valence-electron chi connectivity index (χ1n) is 16.0. The van der Waals surface area contributed by atoms with Gasteiger partial charge in [0.05, 0.1) is 22.9 Å². The number of thiocarbonyl (C=S) groups is 1. The second kappa shape index (κ2) is 13.5. The predicted molar refractivity (Wildman–Crippen MR) is 190 cm³/mol. The number of hydrogen-bond acceptors (Lipinski definition) is 6. The van der Waals surface area contributed by atoms with Gasteiger partial charge in [-0.15, -0.1) is 0 Å². The molecule has 3 atom stereocenters. The number of aromatic nitrogens is 1. The van der Waals surface area contributed by atoms with Crippen LogP contribution >= 0.6 is 24.0 Å². The number of carbonyl (C=O) groups is 2. The Morgan fingerprint density at radius 3 is 2.65 bits per heavy atom. The van der Waals surface area contributed by atoms with Crippen LogP contribution in [0.2, 0.25) is 0 Å². The maximum absolute atomic E-state index is 13.0. The van der Waals surface area contributed by atoms with E-state index in [0.717, 1.165) is 58.3 Å². The van der Waals surface area contributed by atoms with E-state index < -0.39 is 15.3 Å². The second-order valence-electron chi connectivity index (χ2n) is 12.8. The van der Waals surface area contributed by atoms with Crippen molar-refractivity contribution < 1.29 is 18.0 Å². The first-order valence-corrected chi connectivity index (χ1v) is 19.0. The lowest BCUT2D eigenvalue weighted by molar-refractivity contribution is -0.116. The van der Waals surface area contributed by atoms with E-state index in [-0.39, 0.29) is 30.1 Å². The maximum atomic E-state index is 13.0. The highest BCUT2D eigenvalue weighted by Gasteiger charge is 2.42. The van der Waals surface area contributed by atoms with Crippen LogP contribution < -0.4 is 21.7 Å². The van der Waals surface area contributed by atoms with Gasteiger partial charge < -0.3 is 26.3 Å². The normalized spacial score (nSPS) is 22.2. The highest BCUT2D eigenvalue weighted by atomic mass is 32.2. The minimum atomic E-state index is -3.31. The Kier molecular flexibility index (Phi) is 9.65. The van der Waals surface area contributed by atoms with Crippen LogP contribution in [0.25, 0.3) is 22.0 Å². The number of rotatable bonds is 11. The maximum Gasteiger partial charge on any atom is 0.315 e. The van der Waals surface area contributed by atoms with Gasteiger partial charge in [0.2, 0.25) is 15.9 Å². The number of thioether (sulfide) groups is 1. The molecule has 3 aliphatic rings. The van der Waals surface area contributed by atoms with Crippen molar-refractivity contribution in [2.24, 2.45) is 5.73 Å². The number of nitrogens with two attached hydrogens (primary N) is 1. The number of urea groups is 1. The molecule has 10 nitrogen and oxygen atoms in total. The largest absolute Gasteiger partial charge is 0.389 e. The van der Waals surface area contributed by atoms with Crippen molar-refractivity contribution in [1.29, 1.82) is 0 Å². The van der Waals surface area contributed by atoms with Crippen molar-refractivity contribution in [3.8, 4) is 11.1 Å². The zero-order valence-electron chi connectivity index (χ0n) is 26.2. The molecule has 246 valence electrons. The third-order valence-electron chi connectivity index (χ3n) is 9.43. The SMILES string of the molecule is CC(C)S(=O)(=O)N1CCC(n2cc(-c3cccc(C(N)=S)c3)c3ccc(NC(=O)CCCC[C@@H]4SC[C@@H]5NC(=O)N[C@@H]54)cc32)CC1. The van der Waals surface area contributed by atoms with E-state index in [9.17, 15) is 18.0 Å². The van der Waals surface area contributed by atoms with Crippen molar-refractivity contribution in [3.05, 3.63) is 54.2 Å². The molecule has 1 aromatic heterocycles. The summed E-state index contributed by atoms with van der Waals surface area (Å²) in [5.41, 5.74) is 10.5. The van der Waals surface area contributed by atoms with Gasteiger partial charge in [-0.2, -0.15) is 11.8 Å². The summed E-state index contributed by atoms with van der Waals surface area (Å²) in [6.45, 7) is 4.39.